The highest BCUT2D eigenvalue weighted by molar-refractivity contribution is 9.10. The summed E-state index contributed by atoms with van der Waals surface area (Å²) in [5.74, 6) is 1.38. The Morgan fingerprint density at radius 2 is 2.50 bits per heavy atom. The van der Waals surface area contributed by atoms with Crippen molar-refractivity contribution in [3.8, 4) is 0 Å². The smallest absolute Gasteiger partial charge is 0.243 e. The maximum atomic E-state index is 4.47. The Bertz CT molecular complexity index is 532. The molecule has 2 aromatic heterocycles. The van der Waals surface area contributed by atoms with E-state index in [1.807, 2.05) is 18.3 Å². The van der Waals surface area contributed by atoms with Crippen molar-refractivity contribution in [2.24, 2.45) is 5.92 Å². The summed E-state index contributed by atoms with van der Waals surface area (Å²) in [7, 11) is 0. The summed E-state index contributed by atoms with van der Waals surface area (Å²) in [4.78, 5) is 4.47. The highest BCUT2D eigenvalue weighted by atomic mass is 79.9. The molecule has 1 atom stereocenters. The molecule has 5 nitrogen and oxygen atoms in total. The Morgan fingerprint density at radius 1 is 1.56 bits per heavy atom. The van der Waals surface area contributed by atoms with Crippen LogP contribution in [-0.2, 0) is 0 Å². The Kier molecular flexibility index (Phi) is 3.47. The van der Waals surface area contributed by atoms with Gasteiger partial charge in [0.05, 0.1) is 4.47 Å². The van der Waals surface area contributed by atoms with Crippen LogP contribution in [0.15, 0.2) is 22.8 Å². The lowest BCUT2D eigenvalue weighted by Gasteiger charge is -2.22. The third-order valence-corrected chi connectivity index (χ3v) is 3.88. The first-order valence-corrected chi connectivity index (χ1v) is 7.08. The van der Waals surface area contributed by atoms with Gasteiger partial charge in [0.2, 0.25) is 5.95 Å². The van der Waals surface area contributed by atoms with Crippen molar-refractivity contribution in [1.82, 2.24) is 19.9 Å². The fraction of sp³-hybridized carbons (Fsp3) is 0.500. The summed E-state index contributed by atoms with van der Waals surface area (Å²) < 4.78 is 2.75. The number of piperidine rings is 1. The molecule has 6 heteroatoms. The van der Waals surface area contributed by atoms with Gasteiger partial charge >= 0.3 is 0 Å². The van der Waals surface area contributed by atoms with Gasteiger partial charge in [-0.25, -0.2) is 4.52 Å². The maximum Gasteiger partial charge on any atom is 0.243 e. The van der Waals surface area contributed by atoms with Gasteiger partial charge in [-0.05, 0) is 59.9 Å². The molecule has 3 heterocycles. The van der Waals surface area contributed by atoms with E-state index in [0.717, 1.165) is 29.8 Å². The molecule has 96 valence electrons. The second-order valence-electron chi connectivity index (χ2n) is 4.65. The van der Waals surface area contributed by atoms with Crippen LogP contribution in [0.4, 0.5) is 5.95 Å². The van der Waals surface area contributed by atoms with Crippen molar-refractivity contribution in [3.63, 3.8) is 0 Å². The van der Waals surface area contributed by atoms with Crippen LogP contribution in [0.1, 0.15) is 12.8 Å². The van der Waals surface area contributed by atoms with E-state index in [1.165, 1.54) is 12.8 Å². The van der Waals surface area contributed by atoms with Crippen LogP contribution >= 0.6 is 15.9 Å². The SMILES string of the molecule is Brc1cccn2nc(NCC3CCCNC3)nc12. The third kappa shape index (κ3) is 2.49. The zero-order valence-corrected chi connectivity index (χ0v) is 11.7. The number of anilines is 1. The normalized spacial score (nSPS) is 20.2. The molecule has 0 bridgehead atoms. The van der Waals surface area contributed by atoms with Crippen LogP contribution < -0.4 is 10.6 Å². The van der Waals surface area contributed by atoms with E-state index in [0.29, 0.717) is 11.9 Å². The Morgan fingerprint density at radius 3 is 3.28 bits per heavy atom. The fourth-order valence-corrected chi connectivity index (χ4v) is 2.71. The molecule has 1 fully saturated rings. The van der Waals surface area contributed by atoms with Gasteiger partial charge in [0, 0.05) is 12.7 Å². The number of pyridine rings is 1. The average Bonchev–Trinajstić information content (AvgIpc) is 2.82. The molecule has 1 aliphatic heterocycles. The molecule has 0 amide bonds. The van der Waals surface area contributed by atoms with Crippen molar-refractivity contribution in [2.45, 2.75) is 12.8 Å². The number of aromatic nitrogens is 3. The number of rotatable bonds is 3. The lowest BCUT2D eigenvalue weighted by molar-refractivity contribution is 0.392. The molecule has 0 aliphatic carbocycles. The summed E-state index contributed by atoms with van der Waals surface area (Å²) in [5.41, 5.74) is 0.849. The van der Waals surface area contributed by atoms with Crippen LogP contribution in [0.25, 0.3) is 5.65 Å². The van der Waals surface area contributed by atoms with Crippen LogP contribution in [0.5, 0.6) is 0 Å². The van der Waals surface area contributed by atoms with Crippen LogP contribution in [0.3, 0.4) is 0 Å². The minimum absolute atomic E-state index is 0.675. The average molecular weight is 310 g/mol. The van der Waals surface area contributed by atoms with Crippen molar-refractivity contribution >= 4 is 27.5 Å². The topological polar surface area (TPSA) is 54.2 Å². The van der Waals surface area contributed by atoms with Gasteiger partial charge in [-0.1, -0.05) is 0 Å². The minimum atomic E-state index is 0.675. The second-order valence-corrected chi connectivity index (χ2v) is 5.51. The quantitative estimate of drug-likeness (QED) is 0.909. The van der Waals surface area contributed by atoms with Crippen LogP contribution in [0.2, 0.25) is 0 Å². The number of fused-ring (bicyclic) bond motifs is 1. The summed E-state index contributed by atoms with van der Waals surface area (Å²) in [5, 5.41) is 11.1. The predicted molar refractivity (Wildman–Crippen MR) is 74.8 cm³/mol. The van der Waals surface area contributed by atoms with E-state index in [-0.39, 0.29) is 0 Å². The van der Waals surface area contributed by atoms with E-state index in [1.54, 1.807) is 4.52 Å². The first kappa shape index (κ1) is 11.9. The summed E-state index contributed by atoms with van der Waals surface area (Å²) in [6.07, 6.45) is 4.44. The van der Waals surface area contributed by atoms with E-state index in [2.05, 4.69) is 36.6 Å². The maximum absolute atomic E-state index is 4.47. The van der Waals surface area contributed by atoms with Gasteiger partial charge in [0.1, 0.15) is 0 Å². The lowest BCUT2D eigenvalue weighted by atomic mass is 10.00. The van der Waals surface area contributed by atoms with Crippen molar-refractivity contribution in [3.05, 3.63) is 22.8 Å². The molecular formula is C12H16BrN5. The number of nitrogens with one attached hydrogen (secondary N) is 2. The van der Waals surface area contributed by atoms with Crippen molar-refractivity contribution in [2.75, 3.05) is 25.0 Å². The van der Waals surface area contributed by atoms with Gasteiger partial charge in [-0.2, -0.15) is 4.98 Å². The van der Waals surface area contributed by atoms with Crippen molar-refractivity contribution in [1.29, 1.82) is 0 Å². The molecule has 1 saturated heterocycles. The standard InChI is InChI=1S/C12H16BrN5/c13-10-4-2-6-18-11(10)16-12(17-18)15-8-9-3-1-5-14-7-9/h2,4,6,9,14H,1,3,5,7-8H2,(H,15,17). The Labute approximate surface area is 114 Å². The summed E-state index contributed by atoms with van der Waals surface area (Å²) in [6, 6.07) is 3.92. The Balaban J connectivity index is 1.69. The summed E-state index contributed by atoms with van der Waals surface area (Å²) in [6.45, 7) is 3.17. The molecule has 18 heavy (non-hydrogen) atoms. The molecule has 0 aromatic carbocycles. The van der Waals surface area contributed by atoms with Gasteiger partial charge in [0.25, 0.3) is 0 Å². The first-order valence-electron chi connectivity index (χ1n) is 6.28. The minimum Gasteiger partial charge on any atom is -0.353 e. The monoisotopic (exact) mass is 309 g/mol. The van der Waals surface area contributed by atoms with Gasteiger partial charge < -0.3 is 10.6 Å². The second kappa shape index (κ2) is 5.24. The zero-order valence-electron chi connectivity index (χ0n) is 10.1. The molecule has 1 aliphatic rings. The highest BCUT2D eigenvalue weighted by Crippen LogP contribution is 2.17. The van der Waals surface area contributed by atoms with E-state index in [9.17, 15) is 0 Å². The molecule has 0 spiro atoms. The number of halogens is 1. The Hall–Kier alpha value is -1.14. The van der Waals surface area contributed by atoms with Gasteiger partial charge in [0.15, 0.2) is 5.65 Å². The van der Waals surface area contributed by atoms with Crippen LogP contribution in [-0.4, -0.2) is 34.2 Å². The molecule has 1 unspecified atom stereocenters. The van der Waals surface area contributed by atoms with Gasteiger partial charge in [-0.3, -0.25) is 0 Å². The molecule has 0 radical (unpaired) electrons. The molecule has 3 rings (SSSR count). The van der Waals surface area contributed by atoms with E-state index in [4.69, 9.17) is 0 Å². The predicted octanol–water partition coefficient (Wildman–Crippen LogP) is 1.90. The van der Waals surface area contributed by atoms with Gasteiger partial charge in [-0.15, -0.1) is 5.10 Å². The van der Waals surface area contributed by atoms with E-state index >= 15 is 0 Å². The molecule has 2 N–H and O–H groups in total. The largest absolute Gasteiger partial charge is 0.353 e. The summed E-state index contributed by atoms with van der Waals surface area (Å²) >= 11 is 3.48. The number of nitrogens with zero attached hydrogens (tertiary/aromatic N) is 3. The first-order chi connectivity index (χ1) is 8.83. The molecule has 0 saturated carbocycles. The number of hydrogen-bond acceptors (Lipinski definition) is 4. The zero-order chi connectivity index (χ0) is 12.4. The van der Waals surface area contributed by atoms with E-state index < -0.39 is 0 Å². The fourth-order valence-electron chi connectivity index (χ4n) is 2.28. The number of hydrogen-bond donors (Lipinski definition) is 2. The van der Waals surface area contributed by atoms with Crippen LogP contribution in [0, 0.1) is 5.92 Å². The molecular weight excluding hydrogens is 294 g/mol. The van der Waals surface area contributed by atoms with Crippen molar-refractivity contribution < 1.29 is 0 Å². The molecule has 2 aromatic rings. The lowest BCUT2D eigenvalue weighted by Crippen LogP contribution is -2.33. The third-order valence-electron chi connectivity index (χ3n) is 3.26. The highest BCUT2D eigenvalue weighted by Gasteiger charge is 2.13.